The van der Waals surface area contributed by atoms with E-state index in [1.807, 2.05) is 0 Å². The molecule has 0 atom stereocenters. The SMILES string of the molecule is c1ccc(N(c2ccccc2)c2cc(N(c3ccccc3)c3ccccc3)c3ccccc3c2)cc1. The van der Waals surface area contributed by atoms with Crippen LogP contribution >= 0.6 is 0 Å². The Bertz CT molecular complexity index is 1480. The van der Waals surface area contributed by atoms with Crippen LogP contribution in [0.2, 0.25) is 0 Å². The van der Waals surface area contributed by atoms with E-state index in [4.69, 9.17) is 0 Å². The maximum Gasteiger partial charge on any atom is 0.0560 e. The first-order valence-corrected chi connectivity index (χ1v) is 12.2. The molecule has 0 saturated heterocycles. The van der Waals surface area contributed by atoms with Crippen LogP contribution in [-0.2, 0) is 0 Å². The van der Waals surface area contributed by atoms with Crippen molar-refractivity contribution in [2.24, 2.45) is 0 Å². The molecule has 2 nitrogen and oxygen atoms in total. The highest BCUT2D eigenvalue weighted by Crippen LogP contribution is 2.44. The van der Waals surface area contributed by atoms with Gasteiger partial charge in [-0.1, -0.05) is 97.1 Å². The lowest BCUT2D eigenvalue weighted by atomic mass is 10.0. The molecule has 0 fully saturated rings. The van der Waals surface area contributed by atoms with Crippen molar-refractivity contribution in [1.82, 2.24) is 0 Å². The minimum Gasteiger partial charge on any atom is -0.310 e. The first-order valence-electron chi connectivity index (χ1n) is 12.2. The Morgan fingerprint density at radius 3 is 1.17 bits per heavy atom. The molecule has 172 valence electrons. The van der Waals surface area contributed by atoms with Crippen molar-refractivity contribution < 1.29 is 0 Å². The molecule has 0 N–H and O–H groups in total. The third-order valence-electron chi connectivity index (χ3n) is 6.38. The highest BCUT2D eigenvalue weighted by atomic mass is 15.2. The normalized spacial score (nSPS) is 10.8. The van der Waals surface area contributed by atoms with Gasteiger partial charge in [0.1, 0.15) is 0 Å². The van der Waals surface area contributed by atoms with E-state index in [-0.39, 0.29) is 0 Å². The van der Waals surface area contributed by atoms with Crippen LogP contribution in [0.15, 0.2) is 158 Å². The average molecular weight is 463 g/mol. The third kappa shape index (κ3) is 4.21. The smallest absolute Gasteiger partial charge is 0.0560 e. The van der Waals surface area contributed by atoms with Crippen LogP contribution in [0.25, 0.3) is 10.8 Å². The molecular weight excluding hydrogens is 436 g/mol. The molecule has 6 aromatic carbocycles. The summed E-state index contributed by atoms with van der Waals surface area (Å²) < 4.78 is 0. The summed E-state index contributed by atoms with van der Waals surface area (Å²) >= 11 is 0. The summed E-state index contributed by atoms with van der Waals surface area (Å²) in [6.45, 7) is 0. The monoisotopic (exact) mass is 462 g/mol. The quantitative estimate of drug-likeness (QED) is 0.243. The number of nitrogens with zero attached hydrogens (tertiary/aromatic N) is 2. The molecular formula is C34H26N2. The highest BCUT2D eigenvalue weighted by Gasteiger charge is 2.19. The summed E-state index contributed by atoms with van der Waals surface area (Å²) in [5.41, 5.74) is 6.73. The zero-order valence-electron chi connectivity index (χ0n) is 19.9. The lowest BCUT2D eigenvalue weighted by molar-refractivity contribution is 1.26. The molecule has 0 aromatic heterocycles. The predicted octanol–water partition coefficient (Wildman–Crippen LogP) is 9.78. The summed E-state index contributed by atoms with van der Waals surface area (Å²) in [5, 5.41) is 2.40. The summed E-state index contributed by atoms with van der Waals surface area (Å²) in [6.07, 6.45) is 0. The van der Waals surface area contributed by atoms with Gasteiger partial charge in [0.15, 0.2) is 0 Å². The molecule has 0 aliphatic heterocycles. The minimum absolute atomic E-state index is 1.11. The third-order valence-corrected chi connectivity index (χ3v) is 6.38. The number of anilines is 6. The van der Waals surface area contributed by atoms with Crippen LogP contribution in [0.4, 0.5) is 34.1 Å². The molecule has 36 heavy (non-hydrogen) atoms. The van der Waals surface area contributed by atoms with Crippen LogP contribution in [0.5, 0.6) is 0 Å². The zero-order valence-corrected chi connectivity index (χ0v) is 19.9. The Balaban J connectivity index is 1.64. The highest BCUT2D eigenvalue weighted by molar-refractivity contribution is 6.02. The van der Waals surface area contributed by atoms with Gasteiger partial charge in [0.05, 0.1) is 5.69 Å². The van der Waals surface area contributed by atoms with Crippen molar-refractivity contribution >= 4 is 44.9 Å². The van der Waals surface area contributed by atoms with Gasteiger partial charge >= 0.3 is 0 Å². The van der Waals surface area contributed by atoms with E-state index in [2.05, 4.69) is 168 Å². The molecule has 0 heterocycles. The van der Waals surface area contributed by atoms with Crippen molar-refractivity contribution in [1.29, 1.82) is 0 Å². The predicted molar refractivity (Wildman–Crippen MR) is 153 cm³/mol. The number of rotatable bonds is 6. The topological polar surface area (TPSA) is 6.48 Å². The Morgan fingerprint density at radius 1 is 0.306 bits per heavy atom. The fraction of sp³-hybridized carbons (Fsp3) is 0. The Kier molecular flexibility index (Phi) is 5.91. The van der Waals surface area contributed by atoms with Gasteiger partial charge in [-0.2, -0.15) is 0 Å². The molecule has 2 heteroatoms. The fourth-order valence-electron chi connectivity index (χ4n) is 4.77. The Hall–Kier alpha value is -4.82. The van der Waals surface area contributed by atoms with Crippen LogP contribution in [0.3, 0.4) is 0 Å². The summed E-state index contributed by atoms with van der Waals surface area (Å²) in [7, 11) is 0. The van der Waals surface area contributed by atoms with Crippen molar-refractivity contribution in [2.75, 3.05) is 9.80 Å². The van der Waals surface area contributed by atoms with Crippen LogP contribution in [-0.4, -0.2) is 0 Å². The van der Waals surface area contributed by atoms with Crippen molar-refractivity contribution in [2.45, 2.75) is 0 Å². The number of hydrogen-bond donors (Lipinski definition) is 0. The van der Waals surface area contributed by atoms with Crippen LogP contribution < -0.4 is 9.80 Å². The summed E-state index contributed by atoms with van der Waals surface area (Å²) in [6, 6.07) is 55.5. The van der Waals surface area contributed by atoms with Gasteiger partial charge in [-0.3, -0.25) is 0 Å². The van der Waals surface area contributed by atoms with Gasteiger partial charge in [-0.15, -0.1) is 0 Å². The first-order chi connectivity index (χ1) is 17.9. The van der Waals surface area contributed by atoms with E-state index in [0.29, 0.717) is 0 Å². The average Bonchev–Trinajstić information content (AvgIpc) is 2.96. The second-order valence-corrected chi connectivity index (χ2v) is 8.70. The van der Waals surface area contributed by atoms with E-state index < -0.39 is 0 Å². The van der Waals surface area contributed by atoms with Crippen LogP contribution in [0, 0.1) is 0 Å². The maximum atomic E-state index is 2.35. The van der Waals surface area contributed by atoms with Crippen molar-refractivity contribution in [3.8, 4) is 0 Å². The summed E-state index contributed by atoms with van der Waals surface area (Å²) in [5.74, 6) is 0. The fourth-order valence-corrected chi connectivity index (χ4v) is 4.77. The lowest BCUT2D eigenvalue weighted by Crippen LogP contribution is -2.13. The Morgan fingerprint density at radius 2 is 0.694 bits per heavy atom. The van der Waals surface area contributed by atoms with Gasteiger partial charge in [-0.05, 0) is 66.0 Å². The van der Waals surface area contributed by atoms with Crippen molar-refractivity contribution in [3.63, 3.8) is 0 Å². The van der Waals surface area contributed by atoms with Gasteiger partial charge in [0, 0.05) is 33.8 Å². The van der Waals surface area contributed by atoms with E-state index in [1.165, 1.54) is 10.8 Å². The molecule has 0 aliphatic carbocycles. The molecule has 0 amide bonds. The summed E-state index contributed by atoms with van der Waals surface area (Å²) in [4.78, 5) is 4.67. The second-order valence-electron chi connectivity index (χ2n) is 8.70. The molecule has 0 aliphatic rings. The van der Waals surface area contributed by atoms with Gasteiger partial charge in [-0.25, -0.2) is 0 Å². The van der Waals surface area contributed by atoms with E-state index in [9.17, 15) is 0 Å². The molecule has 0 saturated carbocycles. The molecule has 6 rings (SSSR count). The maximum absolute atomic E-state index is 2.35. The Labute approximate surface area is 212 Å². The molecule has 6 aromatic rings. The number of hydrogen-bond acceptors (Lipinski definition) is 2. The molecule has 0 radical (unpaired) electrons. The number of para-hydroxylation sites is 4. The van der Waals surface area contributed by atoms with Crippen molar-refractivity contribution in [3.05, 3.63) is 158 Å². The minimum atomic E-state index is 1.11. The van der Waals surface area contributed by atoms with E-state index in [0.717, 1.165) is 34.1 Å². The first kappa shape index (κ1) is 21.7. The lowest BCUT2D eigenvalue weighted by Gasteiger charge is -2.30. The molecule has 0 bridgehead atoms. The molecule has 0 unspecified atom stereocenters. The standard InChI is InChI=1S/C34H26N2/c1-5-16-28(17-6-1)35(29-18-7-2-8-19-29)32-25-27-15-13-14-24-33(27)34(26-32)36(30-20-9-3-10-21-30)31-22-11-4-12-23-31/h1-26H. The van der Waals surface area contributed by atoms with E-state index in [1.54, 1.807) is 0 Å². The van der Waals surface area contributed by atoms with E-state index >= 15 is 0 Å². The second kappa shape index (κ2) is 9.81. The molecule has 0 spiro atoms. The largest absolute Gasteiger partial charge is 0.310 e. The van der Waals surface area contributed by atoms with Gasteiger partial charge in [0.25, 0.3) is 0 Å². The number of benzene rings is 6. The van der Waals surface area contributed by atoms with Gasteiger partial charge in [0.2, 0.25) is 0 Å². The van der Waals surface area contributed by atoms with Gasteiger partial charge < -0.3 is 9.80 Å². The zero-order chi connectivity index (χ0) is 24.2. The number of fused-ring (bicyclic) bond motifs is 1. The van der Waals surface area contributed by atoms with Crippen LogP contribution in [0.1, 0.15) is 0 Å².